The number of rotatable bonds is 7. The fourth-order valence-electron chi connectivity index (χ4n) is 3.92. The summed E-state index contributed by atoms with van der Waals surface area (Å²) in [7, 11) is 5.79. The normalized spacial score (nSPS) is 13.7. The summed E-state index contributed by atoms with van der Waals surface area (Å²) < 4.78 is 7.22. The Morgan fingerprint density at radius 2 is 1.94 bits per heavy atom. The van der Waals surface area contributed by atoms with Crippen molar-refractivity contribution in [3.63, 3.8) is 0 Å². The maximum Gasteiger partial charge on any atom is 0.260 e. The first-order chi connectivity index (χ1) is 15.0. The number of carbonyl (C=O) groups is 1. The number of hydrogen-bond acceptors (Lipinski definition) is 4. The molecular weight excluding hydrogens is 386 g/mol. The van der Waals surface area contributed by atoms with E-state index in [1.54, 1.807) is 11.7 Å². The van der Waals surface area contributed by atoms with Crippen molar-refractivity contribution in [3.8, 4) is 5.75 Å². The second-order valence-corrected chi connectivity index (χ2v) is 8.17. The van der Waals surface area contributed by atoms with Crippen molar-refractivity contribution in [3.05, 3.63) is 89.9 Å². The van der Waals surface area contributed by atoms with Gasteiger partial charge in [0, 0.05) is 42.6 Å². The highest BCUT2D eigenvalue weighted by Gasteiger charge is 2.19. The van der Waals surface area contributed by atoms with Gasteiger partial charge in [-0.25, -0.2) is 0 Å². The van der Waals surface area contributed by atoms with Gasteiger partial charge in [-0.15, -0.1) is 0 Å². The molecule has 0 unspecified atom stereocenters. The van der Waals surface area contributed by atoms with Crippen LogP contribution in [0.25, 0.3) is 10.9 Å². The fourth-order valence-corrected chi connectivity index (χ4v) is 3.92. The molecular formula is C26H29N3O2. The number of aromatic nitrogens is 1. The van der Waals surface area contributed by atoms with Crippen LogP contribution in [0.1, 0.15) is 22.3 Å². The van der Waals surface area contributed by atoms with Gasteiger partial charge in [-0.3, -0.25) is 9.36 Å². The van der Waals surface area contributed by atoms with E-state index in [9.17, 15) is 4.79 Å². The van der Waals surface area contributed by atoms with Crippen LogP contribution in [0.4, 0.5) is 0 Å². The number of benzene rings is 2. The molecule has 0 fully saturated rings. The Hall–Kier alpha value is -3.31. The average molecular weight is 416 g/mol. The van der Waals surface area contributed by atoms with Crippen LogP contribution < -0.4 is 4.74 Å². The molecule has 1 aliphatic heterocycles. The molecule has 0 amide bonds. The molecule has 31 heavy (non-hydrogen) atoms. The summed E-state index contributed by atoms with van der Waals surface area (Å²) in [4.78, 5) is 17.7. The van der Waals surface area contributed by atoms with Crippen molar-refractivity contribution < 1.29 is 9.53 Å². The maximum atomic E-state index is 13.5. The molecule has 0 radical (unpaired) electrons. The van der Waals surface area contributed by atoms with E-state index < -0.39 is 0 Å². The maximum absolute atomic E-state index is 13.5. The van der Waals surface area contributed by atoms with Gasteiger partial charge in [0.25, 0.3) is 5.91 Å². The minimum absolute atomic E-state index is 0.0219. The molecule has 0 N–H and O–H groups in total. The molecule has 0 atom stereocenters. The lowest BCUT2D eigenvalue weighted by molar-refractivity contribution is 0.0955. The fraction of sp³-hybridized carbons (Fsp3) is 0.269. The number of nitrogens with zero attached hydrogens (tertiary/aromatic N) is 3. The Morgan fingerprint density at radius 1 is 1.13 bits per heavy atom. The van der Waals surface area contributed by atoms with E-state index in [1.165, 1.54) is 5.56 Å². The Labute approximate surface area is 183 Å². The summed E-state index contributed by atoms with van der Waals surface area (Å²) in [6.45, 7) is 1.66. The van der Waals surface area contributed by atoms with Crippen LogP contribution in [0.3, 0.4) is 0 Å². The van der Waals surface area contributed by atoms with E-state index in [1.807, 2.05) is 55.0 Å². The topological polar surface area (TPSA) is 37.7 Å². The van der Waals surface area contributed by atoms with Crippen LogP contribution in [0, 0.1) is 0 Å². The highest BCUT2D eigenvalue weighted by atomic mass is 16.5. The minimum Gasteiger partial charge on any atom is -0.497 e. The largest absolute Gasteiger partial charge is 0.497 e. The average Bonchev–Trinajstić information content (AvgIpc) is 3.15. The molecule has 1 aromatic heterocycles. The molecule has 4 rings (SSSR count). The molecule has 2 aromatic carbocycles. The van der Waals surface area contributed by atoms with Crippen LogP contribution in [-0.4, -0.2) is 48.0 Å². The van der Waals surface area contributed by atoms with E-state index in [2.05, 4.69) is 42.1 Å². The van der Waals surface area contributed by atoms with E-state index >= 15 is 0 Å². The van der Waals surface area contributed by atoms with Crippen molar-refractivity contribution >= 4 is 16.8 Å². The number of carbonyl (C=O) groups excluding carboxylic acids is 1. The molecule has 0 bridgehead atoms. The van der Waals surface area contributed by atoms with Crippen molar-refractivity contribution in [1.29, 1.82) is 0 Å². The number of methoxy groups -OCH3 is 1. The number of likely N-dealkylation sites (N-methyl/N-ethyl adjacent to an activating group) is 1. The molecule has 1 aliphatic rings. The zero-order chi connectivity index (χ0) is 21.8. The van der Waals surface area contributed by atoms with Gasteiger partial charge in [0.2, 0.25) is 0 Å². The lowest BCUT2D eigenvalue weighted by atomic mass is 10.1. The first-order valence-electron chi connectivity index (χ1n) is 10.6. The summed E-state index contributed by atoms with van der Waals surface area (Å²) in [5.41, 5.74) is 4.07. The second kappa shape index (κ2) is 9.23. The van der Waals surface area contributed by atoms with Gasteiger partial charge in [0.1, 0.15) is 5.75 Å². The highest BCUT2D eigenvalue weighted by molar-refractivity contribution is 6.03. The van der Waals surface area contributed by atoms with Crippen LogP contribution in [0.5, 0.6) is 5.75 Å². The predicted molar refractivity (Wildman–Crippen MR) is 125 cm³/mol. The predicted octanol–water partition coefficient (Wildman–Crippen LogP) is 4.70. The van der Waals surface area contributed by atoms with E-state index in [-0.39, 0.29) is 5.91 Å². The van der Waals surface area contributed by atoms with Gasteiger partial charge in [-0.2, -0.15) is 0 Å². The molecule has 160 valence electrons. The van der Waals surface area contributed by atoms with E-state index in [0.717, 1.165) is 47.3 Å². The summed E-state index contributed by atoms with van der Waals surface area (Å²) in [5.74, 6) is 0.825. The van der Waals surface area contributed by atoms with Crippen molar-refractivity contribution in [2.45, 2.75) is 19.4 Å². The first-order valence-corrected chi connectivity index (χ1v) is 10.6. The molecule has 0 aliphatic carbocycles. The van der Waals surface area contributed by atoms with Crippen molar-refractivity contribution in [2.75, 3.05) is 27.7 Å². The monoisotopic (exact) mass is 415 g/mol. The number of ether oxygens (including phenoxy) is 1. The molecule has 5 nitrogen and oxygen atoms in total. The van der Waals surface area contributed by atoms with E-state index in [4.69, 9.17) is 4.74 Å². The lowest BCUT2D eigenvalue weighted by Crippen LogP contribution is -2.19. The SMILES string of the molecule is COc1ccc2c(c1)c(CCN(C)C)cn2C(=O)C1=CN(Cc2ccccc2)C=CC1. The third kappa shape index (κ3) is 4.72. The van der Waals surface area contributed by atoms with Crippen molar-refractivity contribution in [2.24, 2.45) is 0 Å². The standard InChI is InChI=1S/C26H29N3O2/c1-27(2)15-13-21-19-29(25-12-11-23(31-3)16-24(21)25)26(30)22-10-7-14-28(18-22)17-20-8-5-4-6-9-20/h4-9,11-12,14,16,18-19H,10,13,15,17H2,1-3H3. The molecule has 5 heteroatoms. The second-order valence-electron chi connectivity index (χ2n) is 8.17. The smallest absolute Gasteiger partial charge is 0.260 e. The van der Waals surface area contributed by atoms with Gasteiger partial charge in [-0.1, -0.05) is 36.4 Å². The lowest BCUT2D eigenvalue weighted by Gasteiger charge is -2.21. The zero-order valence-electron chi connectivity index (χ0n) is 18.4. The van der Waals surface area contributed by atoms with Gasteiger partial charge >= 0.3 is 0 Å². The highest BCUT2D eigenvalue weighted by Crippen LogP contribution is 2.28. The van der Waals surface area contributed by atoms with E-state index in [0.29, 0.717) is 6.42 Å². The van der Waals surface area contributed by atoms with Crippen LogP contribution >= 0.6 is 0 Å². The Morgan fingerprint density at radius 3 is 2.68 bits per heavy atom. The summed E-state index contributed by atoms with van der Waals surface area (Å²) >= 11 is 0. The molecule has 2 heterocycles. The van der Waals surface area contributed by atoms with Crippen LogP contribution in [0.15, 0.2) is 78.8 Å². The third-order valence-corrected chi connectivity index (χ3v) is 5.58. The van der Waals surface area contributed by atoms with Gasteiger partial charge in [0.15, 0.2) is 0 Å². The van der Waals surface area contributed by atoms with Gasteiger partial charge in [-0.05, 0) is 56.3 Å². The molecule has 0 saturated heterocycles. The third-order valence-electron chi connectivity index (χ3n) is 5.58. The number of fused-ring (bicyclic) bond motifs is 1. The first kappa shape index (κ1) is 20.9. The van der Waals surface area contributed by atoms with Crippen LogP contribution in [-0.2, 0) is 13.0 Å². The molecule has 0 spiro atoms. The number of allylic oxidation sites excluding steroid dienone is 2. The summed E-state index contributed by atoms with van der Waals surface area (Å²) in [6.07, 6.45) is 9.58. The molecule has 0 saturated carbocycles. The zero-order valence-corrected chi connectivity index (χ0v) is 18.4. The summed E-state index contributed by atoms with van der Waals surface area (Å²) in [6, 6.07) is 16.2. The van der Waals surface area contributed by atoms with Crippen molar-refractivity contribution in [1.82, 2.24) is 14.4 Å². The summed E-state index contributed by atoms with van der Waals surface area (Å²) in [5, 5.41) is 1.07. The van der Waals surface area contributed by atoms with Gasteiger partial charge < -0.3 is 14.5 Å². The van der Waals surface area contributed by atoms with Crippen LogP contribution in [0.2, 0.25) is 0 Å². The molecule has 3 aromatic rings. The number of hydrogen-bond donors (Lipinski definition) is 0. The Balaban J connectivity index is 1.65. The van der Waals surface area contributed by atoms with Gasteiger partial charge in [0.05, 0.1) is 12.6 Å². The quantitative estimate of drug-likeness (QED) is 0.561. The minimum atomic E-state index is 0.0219. The Bertz CT molecular complexity index is 1130. The Kier molecular flexibility index (Phi) is 6.23.